The number of benzene rings is 8. The molecule has 1 N–H and O–H groups in total. The Balaban J connectivity index is 1.17. The van der Waals surface area contributed by atoms with Gasteiger partial charge in [0.1, 0.15) is 22.8 Å². The SMILES string of the molecule is c1ccc(C2=NC(c3cccc4oc5cccc(-c6cccc7c6sc6ccccc67)c5c34)N=C(c3cc4ccccc4c4ccccc34)N2)cc1. The van der Waals surface area contributed by atoms with Crippen LogP contribution in [0, 0.1) is 0 Å². The molecule has 1 aliphatic heterocycles. The van der Waals surface area contributed by atoms with Crippen LogP contribution < -0.4 is 5.32 Å². The van der Waals surface area contributed by atoms with E-state index in [1.54, 1.807) is 0 Å². The summed E-state index contributed by atoms with van der Waals surface area (Å²) in [6.07, 6.45) is -0.519. The van der Waals surface area contributed by atoms with E-state index in [1.807, 2.05) is 17.4 Å². The maximum absolute atomic E-state index is 6.64. The van der Waals surface area contributed by atoms with Crippen molar-refractivity contribution < 1.29 is 4.42 Å². The first kappa shape index (κ1) is 29.2. The summed E-state index contributed by atoms with van der Waals surface area (Å²) in [5, 5.41) is 13.1. The normalized spacial score (nSPS) is 14.7. The van der Waals surface area contributed by atoms with E-state index in [9.17, 15) is 0 Å². The molecule has 0 aliphatic carbocycles. The van der Waals surface area contributed by atoms with E-state index in [2.05, 4.69) is 163 Å². The second kappa shape index (κ2) is 11.5. The van der Waals surface area contributed by atoms with Gasteiger partial charge in [0, 0.05) is 53.2 Å². The Morgan fingerprint density at radius 1 is 0.481 bits per heavy atom. The van der Waals surface area contributed by atoms with Gasteiger partial charge in [-0.25, -0.2) is 9.98 Å². The van der Waals surface area contributed by atoms with Gasteiger partial charge >= 0.3 is 0 Å². The van der Waals surface area contributed by atoms with E-state index < -0.39 is 6.17 Å². The van der Waals surface area contributed by atoms with Crippen LogP contribution in [0.25, 0.3) is 74.8 Å². The van der Waals surface area contributed by atoms with Crippen molar-refractivity contribution in [3.8, 4) is 11.1 Å². The van der Waals surface area contributed by atoms with Gasteiger partial charge in [-0.15, -0.1) is 11.3 Å². The Labute approximate surface area is 303 Å². The Morgan fingerprint density at radius 3 is 2.02 bits per heavy atom. The van der Waals surface area contributed by atoms with Crippen LogP contribution in [-0.4, -0.2) is 11.7 Å². The van der Waals surface area contributed by atoms with Gasteiger partial charge < -0.3 is 9.73 Å². The molecule has 8 aromatic carbocycles. The number of hydrogen-bond donors (Lipinski definition) is 1. The summed E-state index contributed by atoms with van der Waals surface area (Å²) in [6, 6.07) is 57.8. The van der Waals surface area contributed by atoms with Gasteiger partial charge in [0.15, 0.2) is 6.17 Å². The van der Waals surface area contributed by atoms with Crippen molar-refractivity contribution in [1.82, 2.24) is 5.32 Å². The summed E-state index contributed by atoms with van der Waals surface area (Å²) in [5.41, 5.74) is 7.08. The Morgan fingerprint density at radius 2 is 1.13 bits per heavy atom. The average Bonchev–Trinajstić information content (AvgIpc) is 3.80. The molecule has 2 aromatic heterocycles. The number of furan rings is 1. The molecule has 0 saturated carbocycles. The number of nitrogens with one attached hydrogen (secondary N) is 1. The molecule has 5 heteroatoms. The third-order valence-corrected chi connectivity index (χ3v) is 11.6. The van der Waals surface area contributed by atoms with Crippen molar-refractivity contribution >= 4 is 86.7 Å². The standard InChI is InChI=1S/C47H29N3OS/c1-2-13-28(14-3-1)45-48-46(50-47(49-45)38-27-29-15-4-5-16-30(29)31-17-6-7-18-32(31)38)37-23-12-25-40-43(37)42-34(20-11-24-39(42)51-40)36-22-10-21-35-33-19-8-9-26-41(33)52-44(35)36/h1-27,46H,(H,48,49,50). The highest BCUT2D eigenvalue weighted by Gasteiger charge is 2.26. The van der Waals surface area contributed by atoms with Crippen LogP contribution >= 0.6 is 11.3 Å². The van der Waals surface area contributed by atoms with Crippen LogP contribution in [0.15, 0.2) is 178 Å². The number of nitrogens with zero attached hydrogens (tertiary/aromatic N) is 2. The fraction of sp³-hybridized carbons (Fsp3) is 0.0213. The molecule has 11 rings (SSSR count). The Hall–Kier alpha value is -6.56. The van der Waals surface area contributed by atoms with Crippen molar-refractivity contribution in [3.63, 3.8) is 0 Å². The molecule has 0 fully saturated rings. The lowest BCUT2D eigenvalue weighted by Crippen LogP contribution is -2.36. The van der Waals surface area contributed by atoms with E-state index >= 15 is 0 Å². The monoisotopic (exact) mass is 683 g/mol. The zero-order valence-corrected chi connectivity index (χ0v) is 28.7. The van der Waals surface area contributed by atoms with Crippen molar-refractivity contribution in [2.24, 2.45) is 9.98 Å². The molecule has 0 spiro atoms. The summed E-state index contributed by atoms with van der Waals surface area (Å²) < 4.78 is 9.20. The number of fused-ring (bicyclic) bond motifs is 9. The van der Waals surface area contributed by atoms with E-state index in [4.69, 9.17) is 14.4 Å². The quantitative estimate of drug-likeness (QED) is 0.188. The second-order valence-corrected chi connectivity index (χ2v) is 14.3. The minimum Gasteiger partial charge on any atom is -0.456 e. The summed E-state index contributed by atoms with van der Waals surface area (Å²) >= 11 is 1.85. The van der Waals surface area contributed by atoms with E-state index in [0.29, 0.717) is 0 Å². The van der Waals surface area contributed by atoms with Crippen LogP contribution in [0.1, 0.15) is 22.9 Å². The molecule has 0 bridgehead atoms. The number of hydrogen-bond acceptors (Lipinski definition) is 5. The number of thiophene rings is 1. The van der Waals surface area contributed by atoms with Crippen molar-refractivity contribution in [2.45, 2.75) is 6.17 Å². The van der Waals surface area contributed by atoms with E-state index in [-0.39, 0.29) is 0 Å². The van der Waals surface area contributed by atoms with Gasteiger partial charge in [0.25, 0.3) is 0 Å². The molecule has 4 nitrogen and oxygen atoms in total. The fourth-order valence-electron chi connectivity index (χ4n) is 8.01. The molecule has 0 amide bonds. The minimum absolute atomic E-state index is 0.519. The molecule has 244 valence electrons. The maximum atomic E-state index is 6.64. The predicted octanol–water partition coefficient (Wildman–Crippen LogP) is 12.4. The van der Waals surface area contributed by atoms with Gasteiger partial charge in [0.05, 0.1) is 0 Å². The summed E-state index contributed by atoms with van der Waals surface area (Å²) in [5.74, 6) is 1.58. The van der Waals surface area contributed by atoms with Crippen LogP contribution in [0.3, 0.4) is 0 Å². The second-order valence-electron chi connectivity index (χ2n) is 13.3. The molecule has 1 unspecified atom stereocenters. The summed E-state index contributed by atoms with van der Waals surface area (Å²) in [7, 11) is 0. The molecular weight excluding hydrogens is 655 g/mol. The third-order valence-electron chi connectivity index (χ3n) is 10.3. The first-order valence-corrected chi connectivity index (χ1v) is 18.3. The molecule has 3 heterocycles. The molecule has 52 heavy (non-hydrogen) atoms. The van der Waals surface area contributed by atoms with Gasteiger partial charge in [-0.05, 0) is 51.4 Å². The first-order valence-electron chi connectivity index (χ1n) is 17.5. The molecule has 0 radical (unpaired) electrons. The van der Waals surface area contributed by atoms with E-state index in [0.717, 1.165) is 61.2 Å². The maximum Gasteiger partial charge on any atom is 0.170 e. The number of aliphatic imine (C=N–C) groups is 2. The van der Waals surface area contributed by atoms with Crippen LogP contribution in [0.2, 0.25) is 0 Å². The molecule has 1 aliphatic rings. The zero-order valence-electron chi connectivity index (χ0n) is 27.9. The smallest absolute Gasteiger partial charge is 0.170 e. The number of amidine groups is 2. The Kier molecular flexibility index (Phi) is 6.45. The van der Waals surface area contributed by atoms with Crippen LogP contribution in [-0.2, 0) is 0 Å². The number of rotatable bonds is 4. The highest BCUT2D eigenvalue weighted by Crippen LogP contribution is 2.46. The lowest BCUT2D eigenvalue weighted by Gasteiger charge is -2.24. The van der Waals surface area contributed by atoms with Crippen LogP contribution in [0.5, 0.6) is 0 Å². The largest absolute Gasteiger partial charge is 0.456 e. The van der Waals surface area contributed by atoms with Gasteiger partial charge in [-0.1, -0.05) is 140 Å². The third kappa shape index (κ3) is 4.46. The summed E-state index contributed by atoms with van der Waals surface area (Å²) in [4.78, 5) is 10.8. The first-order chi connectivity index (χ1) is 25.8. The summed E-state index contributed by atoms with van der Waals surface area (Å²) in [6.45, 7) is 0. The molecule has 0 saturated heterocycles. The lowest BCUT2D eigenvalue weighted by molar-refractivity contribution is 0.667. The predicted molar refractivity (Wildman–Crippen MR) is 219 cm³/mol. The highest BCUT2D eigenvalue weighted by molar-refractivity contribution is 7.26. The topological polar surface area (TPSA) is 49.9 Å². The van der Waals surface area contributed by atoms with Crippen molar-refractivity contribution in [1.29, 1.82) is 0 Å². The zero-order chi connectivity index (χ0) is 34.2. The van der Waals surface area contributed by atoms with Crippen molar-refractivity contribution in [2.75, 3.05) is 0 Å². The molecular formula is C47H29N3OS. The average molecular weight is 684 g/mol. The van der Waals surface area contributed by atoms with Crippen LogP contribution in [0.4, 0.5) is 0 Å². The molecule has 10 aromatic rings. The van der Waals surface area contributed by atoms with E-state index in [1.165, 1.54) is 41.9 Å². The fourth-order valence-corrected chi connectivity index (χ4v) is 9.24. The van der Waals surface area contributed by atoms with Gasteiger partial charge in [-0.2, -0.15) is 0 Å². The minimum atomic E-state index is -0.519. The highest BCUT2D eigenvalue weighted by atomic mass is 32.1. The van der Waals surface area contributed by atoms with Crippen molar-refractivity contribution in [3.05, 3.63) is 180 Å². The van der Waals surface area contributed by atoms with Gasteiger partial charge in [-0.3, -0.25) is 0 Å². The lowest BCUT2D eigenvalue weighted by atomic mass is 9.95. The Bertz CT molecular complexity index is 3120. The molecule has 1 atom stereocenters. The van der Waals surface area contributed by atoms with Gasteiger partial charge in [0.2, 0.25) is 0 Å².